The summed E-state index contributed by atoms with van der Waals surface area (Å²) in [6, 6.07) is 1.84. The van der Waals surface area contributed by atoms with Crippen molar-refractivity contribution in [2.75, 3.05) is 91.8 Å². The number of carbonyl (C=O) groups excluding carboxylic acids is 1. The molecule has 2 fully saturated rings. The molecule has 3 aliphatic heterocycles. The number of aromatic nitrogens is 4. The first-order valence-corrected chi connectivity index (χ1v) is 13.2. The number of nitrogens with two attached hydrogens (primary N) is 1. The molecule has 5 heterocycles. The quantitative estimate of drug-likeness (QED) is 0.496. The Morgan fingerprint density at radius 3 is 2.30 bits per heavy atom. The van der Waals surface area contributed by atoms with Crippen LogP contribution in [0.25, 0.3) is 11.3 Å². The van der Waals surface area contributed by atoms with Crippen molar-refractivity contribution in [1.82, 2.24) is 24.8 Å². The first-order valence-electron chi connectivity index (χ1n) is 13.2. The Hall–Kier alpha value is -4.17. The molecule has 0 unspecified atom stereocenters. The summed E-state index contributed by atoms with van der Waals surface area (Å²) in [4.78, 5) is 38.5. The van der Waals surface area contributed by atoms with Gasteiger partial charge in [0.15, 0.2) is 11.6 Å². The third kappa shape index (κ3) is 5.07. The van der Waals surface area contributed by atoms with E-state index in [9.17, 15) is 4.79 Å². The van der Waals surface area contributed by atoms with Crippen LogP contribution < -0.4 is 25.8 Å². The minimum absolute atomic E-state index is 0.131. The van der Waals surface area contributed by atoms with Gasteiger partial charge in [-0.1, -0.05) is 0 Å². The lowest BCUT2D eigenvalue weighted by atomic mass is 10.1. The van der Waals surface area contributed by atoms with Crippen molar-refractivity contribution < 1.29 is 18.3 Å². The number of ether oxygens (including phenoxy) is 1. The van der Waals surface area contributed by atoms with Crippen molar-refractivity contribution in [3.8, 4) is 11.3 Å². The van der Waals surface area contributed by atoms with E-state index in [0.717, 1.165) is 13.1 Å². The number of amides is 2. The summed E-state index contributed by atoms with van der Waals surface area (Å²) in [5.74, 6) is -0.749. The molecule has 0 aliphatic carbocycles. The number of fused-ring (bicyclic) bond motifs is 1. The lowest BCUT2D eigenvalue weighted by molar-refractivity contribution is 0.122. The Labute approximate surface area is 229 Å². The number of hydrogen-bond donors (Lipinski definition) is 2. The number of nitrogen functional groups attached to an aromatic ring is 1. The second kappa shape index (κ2) is 10.8. The van der Waals surface area contributed by atoms with Gasteiger partial charge in [-0.2, -0.15) is 4.98 Å². The van der Waals surface area contributed by atoms with Crippen molar-refractivity contribution in [1.29, 1.82) is 0 Å². The highest BCUT2D eigenvalue weighted by Gasteiger charge is 2.33. The monoisotopic (exact) mass is 552 g/mol. The third-order valence-corrected chi connectivity index (χ3v) is 7.43. The van der Waals surface area contributed by atoms with E-state index in [0.29, 0.717) is 80.1 Å². The third-order valence-electron chi connectivity index (χ3n) is 7.43. The lowest BCUT2D eigenvalue weighted by Crippen LogP contribution is -2.44. The number of anilines is 5. The van der Waals surface area contributed by atoms with E-state index in [4.69, 9.17) is 20.4 Å². The van der Waals surface area contributed by atoms with E-state index < -0.39 is 23.4 Å². The minimum atomic E-state index is -0.835. The van der Waals surface area contributed by atoms with Gasteiger partial charge in [0.05, 0.1) is 18.9 Å². The number of urea groups is 1. The number of nitrogens with one attached hydrogen (secondary N) is 1. The fourth-order valence-corrected chi connectivity index (χ4v) is 5.15. The van der Waals surface area contributed by atoms with Gasteiger partial charge in [0, 0.05) is 75.0 Å². The molecular formula is C26H30F2N10O2. The van der Waals surface area contributed by atoms with Gasteiger partial charge in [-0.25, -0.2) is 28.5 Å². The Kier molecular flexibility index (Phi) is 7.02. The summed E-state index contributed by atoms with van der Waals surface area (Å²) < 4.78 is 35.7. The summed E-state index contributed by atoms with van der Waals surface area (Å²) >= 11 is 0. The molecule has 14 heteroatoms. The number of piperazine rings is 1. The van der Waals surface area contributed by atoms with Gasteiger partial charge in [0.1, 0.15) is 11.5 Å². The second-order valence-corrected chi connectivity index (χ2v) is 10.0. The van der Waals surface area contributed by atoms with E-state index in [2.05, 4.69) is 20.2 Å². The summed E-state index contributed by atoms with van der Waals surface area (Å²) in [5.41, 5.74) is 7.55. The van der Waals surface area contributed by atoms with Crippen LogP contribution >= 0.6 is 0 Å². The van der Waals surface area contributed by atoms with Crippen molar-refractivity contribution in [3.63, 3.8) is 0 Å². The Balaban J connectivity index is 1.30. The van der Waals surface area contributed by atoms with Crippen molar-refractivity contribution >= 4 is 35.1 Å². The average molecular weight is 553 g/mol. The Morgan fingerprint density at radius 1 is 0.950 bits per heavy atom. The van der Waals surface area contributed by atoms with Crippen LogP contribution in [0.5, 0.6) is 0 Å². The van der Waals surface area contributed by atoms with Crippen LogP contribution in [0, 0.1) is 11.6 Å². The van der Waals surface area contributed by atoms with Gasteiger partial charge in [-0.15, -0.1) is 0 Å². The van der Waals surface area contributed by atoms with Gasteiger partial charge in [-0.05, 0) is 25.6 Å². The highest BCUT2D eigenvalue weighted by atomic mass is 19.1. The summed E-state index contributed by atoms with van der Waals surface area (Å²) in [7, 11) is 2.01. The number of benzene rings is 1. The maximum atomic E-state index is 15.1. The van der Waals surface area contributed by atoms with E-state index in [-0.39, 0.29) is 12.5 Å². The number of hydrogen-bond acceptors (Lipinski definition) is 10. The zero-order valence-electron chi connectivity index (χ0n) is 22.1. The molecule has 3 N–H and O–H groups in total. The van der Waals surface area contributed by atoms with Crippen LogP contribution in [0.3, 0.4) is 0 Å². The molecule has 0 radical (unpaired) electrons. The molecule has 3 aliphatic rings. The highest BCUT2D eigenvalue weighted by molar-refractivity contribution is 6.03. The smallest absolute Gasteiger partial charge is 0.327 e. The van der Waals surface area contributed by atoms with Gasteiger partial charge < -0.3 is 30.5 Å². The van der Waals surface area contributed by atoms with Gasteiger partial charge in [0.25, 0.3) is 0 Å². The number of rotatable bonds is 4. The fourth-order valence-electron chi connectivity index (χ4n) is 5.15. The normalized spacial score (nSPS) is 17.7. The van der Waals surface area contributed by atoms with Crippen LogP contribution in [0.1, 0.15) is 5.56 Å². The molecule has 12 nitrogen and oxygen atoms in total. The van der Waals surface area contributed by atoms with Gasteiger partial charge >= 0.3 is 6.03 Å². The topological polar surface area (TPSA) is 129 Å². The molecule has 2 saturated heterocycles. The maximum absolute atomic E-state index is 15.1. The molecule has 210 valence electrons. The number of carbonyl (C=O) groups is 1. The molecular weight excluding hydrogens is 522 g/mol. The first-order chi connectivity index (χ1) is 19.4. The molecule has 2 aromatic heterocycles. The predicted molar refractivity (Wildman–Crippen MR) is 147 cm³/mol. The maximum Gasteiger partial charge on any atom is 0.327 e. The van der Waals surface area contributed by atoms with Crippen LogP contribution in [-0.4, -0.2) is 96.9 Å². The van der Waals surface area contributed by atoms with Gasteiger partial charge in [-0.3, -0.25) is 4.90 Å². The highest BCUT2D eigenvalue weighted by Crippen LogP contribution is 2.36. The molecule has 0 saturated carbocycles. The van der Waals surface area contributed by atoms with Crippen molar-refractivity contribution in [2.45, 2.75) is 6.42 Å². The van der Waals surface area contributed by atoms with Crippen LogP contribution in [0.4, 0.5) is 42.7 Å². The molecule has 0 bridgehead atoms. The van der Waals surface area contributed by atoms with Gasteiger partial charge in [0.2, 0.25) is 11.9 Å². The molecule has 2 amide bonds. The largest absolute Gasteiger partial charge is 0.378 e. The molecule has 1 aromatic carbocycles. The lowest BCUT2D eigenvalue weighted by Gasteiger charge is -2.34. The van der Waals surface area contributed by atoms with Crippen molar-refractivity contribution in [3.05, 3.63) is 41.7 Å². The van der Waals surface area contributed by atoms with Crippen LogP contribution in [0.15, 0.2) is 24.5 Å². The molecule has 0 atom stereocenters. The first kappa shape index (κ1) is 26.1. The summed E-state index contributed by atoms with van der Waals surface area (Å²) in [5, 5.41) is 2.44. The van der Waals surface area contributed by atoms with E-state index in [1.807, 2.05) is 16.8 Å². The molecule has 3 aromatic rings. The SMILES string of the molecule is CN1CCN(c2cc(F)c(NC(=O)N3CCc4c(-c5cnc(N)nc5)nc(N5CCOCC5)nc43)c(F)c2)CC1. The Morgan fingerprint density at radius 2 is 1.62 bits per heavy atom. The number of likely N-dealkylation sites (N-methyl/N-ethyl adjacent to an activating group) is 1. The second-order valence-electron chi connectivity index (χ2n) is 10.0. The van der Waals surface area contributed by atoms with Crippen LogP contribution in [0.2, 0.25) is 0 Å². The van der Waals surface area contributed by atoms with E-state index in [1.54, 1.807) is 12.4 Å². The van der Waals surface area contributed by atoms with E-state index >= 15 is 8.78 Å². The fraction of sp³-hybridized carbons (Fsp3) is 0.423. The average Bonchev–Trinajstić information content (AvgIpc) is 3.40. The zero-order chi connectivity index (χ0) is 27.8. The van der Waals surface area contributed by atoms with Crippen molar-refractivity contribution in [2.24, 2.45) is 0 Å². The molecule has 0 spiro atoms. The molecule has 6 rings (SSSR count). The van der Waals surface area contributed by atoms with Crippen LogP contribution in [-0.2, 0) is 11.2 Å². The summed E-state index contributed by atoms with van der Waals surface area (Å²) in [6.45, 7) is 5.40. The number of morpholine rings is 1. The minimum Gasteiger partial charge on any atom is -0.378 e. The predicted octanol–water partition coefficient (Wildman–Crippen LogP) is 1.98. The zero-order valence-corrected chi connectivity index (χ0v) is 22.1. The Bertz CT molecular complexity index is 1390. The number of nitrogens with zero attached hydrogens (tertiary/aromatic N) is 8. The summed E-state index contributed by atoms with van der Waals surface area (Å²) in [6.07, 6.45) is 3.59. The van der Waals surface area contributed by atoms with E-state index in [1.165, 1.54) is 17.0 Å². The standard InChI is InChI=1S/C26H30F2N10O2/c1-35-4-6-36(7-5-35)17-12-19(27)22(20(28)13-17)33-26(39)38-3-2-18-21(16-14-30-24(29)31-15-16)32-25(34-23(18)38)37-8-10-40-11-9-37/h12-15H,2-11H2,1H3,(H,33,39)(H2,29,30,31). The number of halogens is 2. The molecule has 40 heavy (non-hydrogen) atoms.